The van der Waals surface area contributed by atoms with Gasteiger partial charge in [-0.05, 0) is 31.0 Å². The summed E-state index contributed by atoms with van der Waals surface area (Å²) in [6.07, 6.45) is 6.52. The molecule has 21 heavy (non-hydrogen) atoms. The Morgan fingerprint density at radius 2 is 1.71 bits per heavy atom. The summed E-state index contributed by atoms with van der Waals surface area (Å²) in [6, 6.07) is 8.60. The van der Waals surface area contributed by atoms with E-state index < -0.39 is 0 Å². The number of hydrogen-bond acceptors (Lipinski definition) is 3. The average molecular weight is 298 g/mol. The van der Waals surface area contributed by atoms with E-state index in [1.165, 1.54) is 32.1 Å². The first-order valence-electron chi connectivity index (χ1n) is 7.61. The molecule has 0 amide bonds. The third-order valence-corrected chi connectivity index (χ3v) is 4.57. The predicted molar refractivity (Wildman–Crippen MR) is 92.6 cm³/mol. The summed E-state index contributed by atoms with van der Waals surface area (Å²) in [7, 11) is 0. The van der Waals surface area contributed by atoms with Crippen LogP contribution in [0.5, 0.6) is 0 Å². The lowest BCUT2D eigenvalue weighted by atomic mass is 9.87. The van der Waals surface area contributed by atoms with Gasteiger partial charge in [0, 0.05) is 27.8 Å². The molecule has 0 saturated heterocycles. The molecule has 0 heterocycles. The maximum absolute atomic E-state index is 4.38. The predicted octanol–water partition coefficient (Wildman–Crippen LogP) is 4.65. The second-order valence-corrected chi connectivity index (χ2v) is 6.38. The van der Waals surface area contributed by atoms with E-state index in [4.69, 9.17) is 0 Å². The Morgan fingerprint density at radius 3 is 2.43 bits per heavy atom. The number of nitrogens with one attached hydrogen (secondary N) is 2. The SMILES string of the molecule is C=C1C(=C)C(NC2CCCCC2)=C1Nc1cccc(S)c1. The first-order chi connectivity index (χ1) is 10.1. The zero-order valence-electron chi connectivity index (χ0n) is 12.3. The lowest BCUT2D eigenvalue weighted by Gasteiger charge is -2.35. The van der Waals surface area contributed by atoms with Gasteiger partial charge < -0.3 is 10.6 Å². The summed E-state index contributed by atoms with van der Waals surface area (Å²) >= 11 is 4.38. The Hall–Kier alpha value is -1.61. The second-order valence-electron chi connectivity index (χ2n) is 5.86. The summed E-state index contributed by atoms with van der Waals surface area (Å²) in [5.41, 5.74) is 5.28. The Kier molecular flexibility index (Phi) is 4.11. The van der Waals surface area contributed by atoms with Crippen LogP contribution in [-0.4, -0.2) is 6.04 Å². The molecule has 0 radical (unpaired) electrons. The fourth-order valence-electron chi connectivity index (χ4n) is 3.02. The van der Waals surface area contributed by atoms with Crippen molar-refractivity contribution in [2.45, 2.75) is 43.0 Å². The Balaban J connectivity index is 1.76. The molecule has 2 N–H and O–H groups in total. The first-order valence-corrected chi connectivity index (χ1v) is 8.05. The van der Waals surface area contributed by atoms with E-state index in [0.717, 1.165) is 33.1 Å². The summed E-state index contributed by atoms with van der Waals surface area (Å²) in [5, 5.41) is 7.10. The number of rotatable bonds is 4. The third-order valence-electron chi connectivity index (χ3n) is 4.29. The van der Waals surface area contributed by atoms with Crippen LogP contribution in [0.25, 0.3) is 0 Å². The number of allylic oxidation sites excluding steroid dienone is 2. The van der Waals surface area contributed by atoms with Crippen molar-refractivity contribution in [3.8, 4) is 0 Å². The monoisotopic (exact) mass is 298 g/mol. The van der Waals surface area contributed by atoms with Crippen molar-refractivity contribution in [2.75, 3.05) is 5.32 Å². The highest BCUT2D eigenvalue weighted by atomic mass is 32.1. The van der Waals surface area contributed by atoms with E-state index in [1.807, 2.05) is 24.3 Å². The molecule has 0 unspecified atom stereocenters. The van der Waals surface area contributed by atoms with Gasteiger partial charge in [-0.3, -0.25) is 0 Å². The van der Waals surface area contributed by atoms with Gasteiger partial charge in [0.2, 0.25) is 0 Å². The maximum Gasteiger partial charge on any atom is 0.0700 e. The van der Waals surface area contributed by atoms with Gasteiger partial charge in [-0.2, -0.15) is 0 Å². The first kappa shape index (κ1) is 14.3. The van der Waals surface area contributed by atoms with Gasteiger partial charge in [-0.15, -0.1) is 12.6 Å². The fourth-order valence-corrected chi connectivity index (χ4v) is 3.24. The van der Waals surface area contributed by atoms with Crippen molar-refractivity contribution in [3.05, 3.63) is 60.0 Å². The van der Waals surface area contributed by atoms with E-state index in [-0.39, 0.29) is 0 Å². The van der Waals surface area contributed by atoms with Gasteiger partial charge in [0.15, 0.2) is 0 Å². The van der Waals surface area contributed by atoms with Crippen molar-refractivity contribution in [1.29, 1.82) is 0 Å². The molecule has 1 saturated carbocycles. The lowest BCUT2D eigenvalue weighted by Crippen LogP contribution is -2.36. The van der Waals surface area contributed by atoms with Crippen molar-refractivity contribution in [2.24, 2.45) is 0 Å². The molecule has 0 atom stereocenters. The topological polar surface area (TPSA) is 24.1 Å². The van der Waals surface area contributed by atoms with Crippen LogP contribution in [0, 0.1) is 0 Å². The summed E-state index contributed by atoms with van der Waals surface area (Å²) in [6.45, 7) is 8.23. The largest absolute Gasteiger partial charge is 0.380 e. The molecule has 0 aromatic heterocycles. The molecule has 2 nitrogen and oxygen atoms in total. The molecular formula is C18H22N2S. The summed E-state index contributed by atoms with van der Waals surface area (Å²) in [5.74, 6) is 0. The number of hydrogen-bond donors (Lipinski definition) is 3. The molecule has 2 aliphatic carbocycles. The maximum atomic E-state index is 4.38. The normalized spacial score (nSPS) is 19.5. The fraction of sp³-hybridized carbons (Fsp3) is 0.333. The minimum Gasteiger partial charge on any atom is -0.380 e. The van der Waals surface area contributed by atoms with Gasteiger partial charge in [0.1, 0.15) is 0 Å². The number of anilines is 1. The van der Waals surface area contributed by atoms with Crippen LogP contribution >= 0.6 is 12.6 Å². The van der Waals surface area contributed by atoms with E-state index in [1.54, 1.807) is 0 Å². The molecule has 3 heteroatoms. The van der Waals surface area contributed by atoms with Crippen molar-refractivity contribution in [3.63, 3.8) is 0 Å². The molecule has 0 bridgehead atoms. The average Bonchev–Trinajstić information content (AvgIpc) is 2.51. The van der Waals surface area contributed by atoms with E-state index >= 15 is 0 Å². The Labute approximate surface area is 132 Å². The van der Waals surface area contributed by atoms with Crippen LogP contribution in [0.1, 0.15) is 32.1 Å². The zero-order chi connectivity index (χ0) is 14.8. The number of benzene rings is 1. The van der Waals surface area contributed by atoms with Crippen molar-refractivity contribution >= 4 is 18.3 Å². The molecule has 0 aliphatic heterocycles. The van der Waals surface area contributed by atoms with E-state index in [0.29, 0.717) is 6.04 Å². The molecule has 1 aromatic rings. The quantitative estimate of drug-likeness (QED) is 0.705. The van der Waals surface area contributed by atoms with E-state index in [9.17, 15) is 0 Å². The van der Waals surface area contributed by atoms with Crippen LogP contribution in [0.15, 0.2) is 64.9 Å². The van der Waals surface area contributed by atoms with Gasteiger partial charge >= 0.3 is 0 Å². The van der Waals surface area contributed by atoms with Crippen LogP contribution in [0.4, 0.5) is 5.69 Å². The van der Waals surface area contributed by atoms with Gasteiger partial charge in [-0.25, -0.2) is 0 Å². The summed E-state index contributed by atoms with van der Waals surface area (Å²) in [4.78, 5) is 0.950. The molecular weight excluding hydrogens is 276 g/mol. The highest BCUT2D eigenvalue weighted by molar-refractivity contribution is 7.80. The molecule has 0 spiro atoms. The molecule has 110 valence electrons. The van der Waals surface area contributed by atoms with Crippen LogP contribution in [-0.2, 0) is 0 Å². The minimum atomic E-state index is 0.576. The molecule has 1 aromatic carbocycles. The highest BCUT2D eigenvalue weighted by Crippen LogP contribution is 2.37. The molecule has 3 rings (SSSR count). The molecule has 1 fully saturated rings. The summed E-state index contributed by atoms with van der Waals surface area (Å²) < 4.78 is 0. The van der Waals surface area contributed by atoms with Crippen LogP contribution < -0.4 is 10.6 Å². The molecule has 2 aliphatic rings. The van der Waals surface area contributed by atoms with Crippen molar-refractivity contribution < 1.29 is 0 Å². The highest BCUT2D eigenvalue weighted by Gasteiger charge is 2.28. The smallest absolute Gasteiger partial charge is 0.0700 e. The minimum absolute atomic E-state index is 0.576. The van der Waals surface area contributed by atoms with Crippen LogP contribution in [0.2, 0.25) is 0 Å². The number of thiol groups is 1. The third kappa shape index (κ3) is 3.03. The van der Waals surface area contributed by atoms with Gasteiger partial charge in [0.05, 0.1) is 11.4 Å². The Bertz CT molecular complexity index is 609. The lowest BCUT2D eigenvalue weighted by molar-refractivity contribution is 0.396. The van der Waals surface area contributed by atoms with E-state index in [2.05, 4.69) is 36.4 Å². The van der Waals surface area contributed by atoms with Crippen LogP contribution in [0.3, 0.4) is 0 Å². The van der Waals surface area contributed by atoms with Crippen molar-refractivity contribution in [1.82, 2.24) is 5.32 Å². The Morgan fingerprint density at radius 1 is 1.00 bits per heavy atom. The second kappa shape index (κ2) is 6.02. The van der Waals surface area contributed by atoms with Gasteiger partial charge in [0.25, 0.3) is 0 Å². The standard InChI is InChI=1S/C18H22N2S/c1-12-13(2)18(20-15-9-6-10-16(21)11-15)17(12)19-14-7-4-3-5-8-14/h6,9-11,14,19-21H,1-5,7-8H2. The van der Waals surface area contributed by atoms with Gasteiger partial charge in [-0.1, -0.05) is 38.5 Å². The zero-order valence-corrected chi connectivity index (χ0v) is 13.2.